The average Bonchev–Trinajstić information content (AvgIpc) is 2.48. The van der Waals surface area contributed by atoms with Gasteiger partial charge in [0, 0.05) is 26.7 Å². The van der Waals surface area contributed by atoms with Crippen LogP contribution in [0.25, 0.3) is 0 Å². The first kappa shape index (κ1) is 16.4. The molecule has 0 unspecified atom stereocenters. The minimum atomic E-state index is -0.114. The summed E-state index contributed by atoms with van der Waals surface area (Å²) in [5.74, 6) is 0.481. The van der Waals surface area contributed by atoms with Crippen LogP contribution in [0.15, 0.2) is 18.3 Å². The summed E-state index contributed by atoms with van der Waals surface area (Å²) in [6.45, 7) is 4.84. The zero-order valence-electron chi connectivity index (χ0n) is 12.1. The molecule has 0 radical (unpaired) electrons. The Morgan fingerprint density at radius 1 is 1.35 bits per heavy atom. The predicted molar refractivity (Wildman–Crippen MR) is 76.6 cm³/mol. The van der Waals surface area contributed by atoms with Crippen LogP contribution in [0, 0.1) is 0 Å². The Balaban J connectivity index is 2.26. The lowest BCUT2D eigenvalue weighted by Crippen LogP contribution is -2.29. The molecule has 1 aromatic heterocycles. The van der Waals surface area contributed by atoms with Crippen molar-refractivity contribution in [3.05, 3.63) is 24.0 Å². The summed E-state index contributed by atoms with van der Waals surface area (Å²) in [5, 5.41) is 5.95. The van der Waals surface area contributed by atoms with Gasteiger partial charge in [0.15, 0.2) is 6.61 Å². The molecule has 0 bridgehead atoms. The summed E-state index contributed by atoms with van der Waals surface area (Å²) in [6, 6.07) is 3.69. The van der Waals surface area contributed by atoms with Crippen molar-refractivity contribution in [1.82, 2.24) is 15.6 Å². The molecule has 112 valence electrons. The maximum absolute atomic E-state index is 11.4. The molecule has 0 aliphatic rings. The number of aromatic nitrogens is 1. The van der Waals surface area contributed by atoms with E-state index in [1.807, 2.05) is 19.1 Å². The number of hydrogen-bond acceptors (Lipinski definition) is 5. The Kier molecular flexibility index (Phi) is 8.33. The fourth-order valence-corrected chi connectivity index (χ4v) is 1.46. The largest absolute Gasteiger partial charge is 0.482 e. The van der Waals surface area contributed by atoms with Crippen LogP contribution in [0.2, 0.25) is 0 Å². The number of hydrogen-bond donors (Lipinski definition) is 2. The van der Waals surface area contributed by atoms with Crippen LogP contribution in [0.3, 0.4) is 0 Å². The molecule has 0 atom stereocenters. The number of amides is 1. The molecule has 6 nitrogen and oxygen atoms in total. The van der Waals surface area contributed by atoms with Gasteiger partial charge in [-0.3, -0.25) is 9.78 Å². The Morgan fingerprint density at radius 2 is 2.20 bits per heavy atom. The van der Waals surface area contributed by atoms with Crippen molar-refractivity contribution in [3.63, 3.8) is 0 Å². The zero-order valence-corrected chi connectivity index (χ0v) is 12.1. The highest BCUT2D eigenvalue weighted by atomic mass is 16.5. The van der Waals surface area contributed by atoms with Crippen LogP contribution >= 0.6 is 0 Å². The standard InChI is InChI=1S/C14H23N3O3/c1-3-6-16-14(18)11-20-13-5-4-12(17-10-13)9-15-7-8-19-2/h4-5,10,15H,3,6-9,11H2,1-2H3,(H,16,18). The van der Waals surface area contributed by atoms with E-state index in [1.165, 1.54) is 0 Å². The molecule has 0 aliphatic heterocycles. The van der Waals surface area contributed by atoms with Gasteiger partial charge >= 0.3 is 0 Å². The molecule has 0 spiro atoms. The average molecular weight is 281 g/mol. The molecule has 0 saturated carbocycles. The van der Waals surface area contributed by atoms with Crippen molar-refractivity contribution >= 4 is 5.91 Å². The van der Waals surface area contributed by atoms with E-state index < -0.39 is 0 Å². The van der Waals surface area contributed by atoms with Crippen molar-refractivity contribution in [2.75, 3.05) is 33.4 Å². The molecule has 0 fully saturated rings. The molecule has 1 heterocycles. The highest BCUT2D eigenvalue weighted by molar-refractivity contribution is 5.77. The number of ether oxygens (including phenoxy) is 2. The monoisotopic (exact) mass is 281 g/mol. The summed E-state index contributed by atoms with van der Waals surface area (Å²) in [4.78, 5) is 15.6. The summed E-state index contributed by atoms with van der Waals surface area (Å²) in [7, 11) is 1.67. The SMILES string of the molecule is CCCNC(=O)COc1ccc(CNCCOC)nc1. The van der Waals surface area contributed by atoms with E-state index in [9.17, 15) is 4.79 Å². The van der Waals surface area contributed by atoms with E-state index in [0.717, 1.165) is 18.7 Å². The van der Waals surface area contributed by atoms with Crippen molar-refractivity contribution < 1.29 is 14.3 Å². The lowest BCUT2D eigenvalue weighted by molar-refractivity contribution is -0.123. The first-order chi connectivity index (χ1) is 9.76. The lowest BCUT2D eigenvalue weighted by atomic mass is 10.3. The second kappa shape index (κ2) is 10.2. The lowest BCUT2D eigenvalue weighted by Gasteiger charge is -2.07. The molecule has 2 N–H and O–H groups in total. The predicted octanol–water partition coefficient (Wildman–Crippen LogP) is 0.723. The molecule has 0 aromatic carbocycles. The molecule has 0 aliphatic carbocycles. The van der Waals surface area contributed by atoms with Crippen LogP contribution in [0.1, 0.15) is 19.0 Å². The van der Waals surface area contributed by atoms with Gasteiger partial charge in [0.1, 0.15) is 5.75 Å². The van der Waals surface area contributed by atoms with Gasteiger partial charge in [-0.2, -0.15) is 0 Å². The fourth-order valence-electron chi connectivity index (χ4n) is 1.46. The molecule has 1 rings (SSSR count). The number of nitrogens with zero attached hydrogens (tertiary/aromatic N) is 1. The van der Waals surface area contributed by atoms with Crippen LogP contribution in [-0.4, -0.2) is 44.3 Å². The van der Waals surface area contributed by atoms with Crippen LogP contribution in [0.5, 0.6) is 5.75 Å². The van der Waals surface area contributed by atoms with Gasteiger partial charge in [0.2, 0.25) is 0 Å². The summed E-state index contributed by atoms with van der Waals surface area (Å²) < 4.78 is 10.3. The normalized spacial score (nSPS) is 10.3. The van der Waals surface area contributed by atoms with Crippen molar-refractivity contribution in [2.24, 2.45) is 0 Å². The minimum absolute atomic E-state index is 0.0209. The maximum atomic E-state index is 11.4. The fraction of sp³-hybridized carbons (Fsp3) is 0.571. The second-order valence-corrected chi connectivity index (χ2v) is 4.29. The molecule has 0 saturated heterocycles. The Morgan fingerprint density at radius 3 is 2.85 bits per heavy atom. The van der Waals surface area contributed by atoms with Crippen LogP contribution < -0.4 is 15.4 Å². The zero-order chi connectivity index (χ0) is 14.6. The van der Waals surface area contributed by atoms with E-state index in [0.29, 0.717) is 25.4 Å². The molecule has 6 heteroatoms. The third kappa shape index (κ3) is 7.06. The highest BCUT2D eigenvalue weighted by Gasteiger charge is 2.02. The van der Waals surface area contributed by atoms with Gasteiger partial charge in [0.25, 0.3) is 5.91 Å². The number of carbonyl (C=O) groups excluding carboxylic acids is 1. The van der Waals surface area contributed by atoms with Crippen LogP contribution in [-0.2, 0) is 16.1 Å². The Hall–Kier alpha value is -1.66. The first-order valence-corrected chi connectivity index (χ1v) is 6.80. The van der Waals surface area contributed by atoms with Gasteiger partial charge in [-0.1, -0.05) is 6.92 Å². The molecule has 1 aromatic rings. The third-order valence-corrected chi connectivity index (χ3v) is 2.53. The van der Waals surface area contributed by atoms with Crippen molar-refractivity contribution in [1.29, 1.82) is 0 Å². The van der Waals surface area contributed by atoms with E-state index in [2.05, 4.69) is 15.6 Å². The number of rotatable bonds is 10. The van der Waals surface area contributed by atoms with Crippen LogP contribution in [0.4, 0.5) is 0 Å². The van der Waals surface area contributed by atoms with Gasteiger partial charge in [-0.25, -0.2) is 0 Å². The number of carbonyl (C=O) groups is 1. The summed E-state index contributed by atoms with van der Waals surface area (Å²) in [5.41, 5.74) is 0.920. The minimum Gasteiger partial charge on any atom is -0.482 e. The second-order valence-electron chi connectivity index (χ2n) is 4.29. The van der Waals surface area contributed by atoms with Gasteiger partial charge < -0.3 is 20.1 Å². The molecular weight excluding hydrogens is 258 g/mol. The highest BCUT2D eigenvalue weighted by Crippen LogP contribution is 2.08. The van der Waals surface area contributed by atoms with E-state index in [4.69, 9.17) is 9.47 Å². The quantitative estimate of drug-likeness (QED) is 0.618. The van der Waals surface area contributed by atoms with E-state index in [1.54, 1.807) is 13.3 Å². The van der Waals surface area contributed by atoms with Gasteiger partial charge in [0.05, 0.1) is 18.5 Å². The van der Waals surface area contributed by atoms with Crippen molar-refractivity contribution in [3.8, 4) is 5.75 Å². The maximum Gasteiger partial charge on any atom is 0.257 e. The number of nitrogens with one attached hydrogen (secondary N) is 2. The number of pyridine rings is 1. The van der Waals surface area contributed by atoms with Crippen molar-refractivity contribution in [2.45, 2.75) is 19.9 Å². The van der Waals surface area contributed by atoms with E-state index in [-0.39, 0.29) is 12.5 Å². The van der Waals surface area contributed by atoms with E-state index >= 15 is 0 Å². The topological polar surface area (TPSA) is 72.5 Å². The summed E-state index contributed by atoms with van der Waals surface area (Å²) in [6.07, 6.45) is 2.54. The number of methoxy groups -OCH3 is 1. The first-order valence-electron chi connectivity index (χ1n) is 6.80. The smallest absolute Gasteiger partial charge is 0.257 e. The van der Waals surface area contributed by atoms with Gasteiger partial charge in [-0.15, -0.1) is 0 Å². The molecule has 1 amide bonds. The Bertz CT molecular complexity index is 382. The molecular formula is C14H23N3O3. The Labute approximate surface area is 119 Å². The summed E-state index contributed by atoms with van der Waals surface area (Å²) >= 11 is 0. The molecule has 20 heavy (non-hydrogen) atoms. The third-order valence-electron chi connectivity index (χ3n) is 2.53. The van der Waals surface area contributed by atoms with Gasteiger partial charge in [-0.05, 0) is 18.6 Å².